The second-order valence-corrected chi connectivity index (χ2v) is 4.80. The van der Waals surface area contributed by atoms with Crippen molar-refractivity contribution in [3.63, 3.8) is 0 Å². The fraction of sp³-hybridized carbons (Fsp3) is 0.857. The van der Waals surface area contributed by atoms with Crippen LogP contribution in [0.2, 0.25) is 0 Å². The summed E-state index contributed by atoms with van der Waals surface area (Å²) in [6, 6.07) is 0.403. The molecular formula is C14H25NO4. The predicted molar refractivity (Wildman–Crippen MR) is 71.6 cm³/mol. The van der Waals surface area contributed by atoms with Gasteiger partial charge in [0.2, 0.25) is 0 Å². The minimum Gasteiger partial charge on any atom is -0.465 e. The molecule has 0 saturated heterocycles. The highest BCUT2D eigenvalue weighted by atomic mass is 16.6. The summed E-state index contributed by atoms with van der Waals surface area (Å²) in [7, 11) is 0. The number of hydrogen-bond acceptors (Lipinski definition) is 5. The van der Waals surface area contributed by atoms with Crippen molar-refractivity contribution >= 4 is 11.9 Å². The van der Waals surface area contributed by atoms with Crippen molar-refractivity contribution < 1.29 is 19.1 Å². The van der Waals surface area contributed by atoms with Gasteiger partial charge < -0.3 is 14.8 Å². The van der Waals surface area contributed by atoms with Crippen molar-refractivity contribution in [1.29, 1.82) is 0 Å². The maximum Gasteiger partial charge on any atom is 0.321 e. The van der Waals surface area contributed by atoms with Gasteiger partial charge in [-0.1, -0.05) is 19.3 Å². The topological polar surface area (TPSA) is 64.6 Å². The molecule has 1 rings (SSSR count). The SMILES string of the molecule is CCOC(=O)C(CNC1CCCCC1)C(=O)OCC. The molecule has 0 radical (unpaired) electrons. The lowest BCUT2D eigenvalue weighted by atomic mass is 9.95. The number of esters is 2. The predicted octanol–water partition coefficient (Wildman–Crippen LogP) is 1.65. The third-order valence-electron chi connectivity index (χ3n) is 3.36. The lowest BCUT2D eigenvalue weighted by Crippen LogP contribution is -2.41. The van der Waals surface area contributed by atoms with Gasteiger partial charge in [0.25, 0.3) is 0 Å². The van der Waals surface area contributed by atoms with Gasteiger partial charge in [-0.15, -0.1) is 0 Å². The molecule has 1 aliphatic carbocycles. The first-order chi connectivity index (χ1) is 9.19. The molecule has 1 N–H and O–H groups in total. The van der Waals surface area contributed by atoms with Crippen molar-refractivity contribution in [2.45, 2.75) is 52.0 Å². The molecule has 0 aromatic heterocycles. The van der Waals surface area contributed by atoms with E-state index in [4.69, 9.17) is 9.47 Å². The van der Waals surface area contributed by atoms with Crippen molar-refractivity contribution in [2.24, 2.45) is 5.92 Å². The van der Waals surface area contributed by atoms with Crippen LogP contribution in [0, 0.1) is 5.92 Å². The first-order valence-electron chi connectivity index (χ1n) is 7.25. The van der Waals surface area contributed by atoms with E-state index in [1.165, 1.54) is 19.3 Å². The Kier molecular flexibility index (Phi) is 7.48. The van der Waals surface area contributed by atoms with Gasteiger partial charge in [-0.25, -0.2) is 0 Å². The molecule has 0 atom stereocenters. The third kappa shape index (κ3) is 5.59. The van der Waals surface area contributed by atoms with Crippen LogP contribution in [0.1, 0.15) is 46.0 Å². The zero-order valence-corrected chi connectivity index (χ0v) is 11.9. The molecule has 5 heteroatoms. The Bertz CT molecular complexity index is 269. The van der Waals surface area contributed by atoms with Crippen LogP contribution in [0.15, 0.2) is 0 Å². The van der Waals surface area contributed by atoms with Gasteiger partial charge in [-0.2, -0.15) is 0 Å². The Balaban J connectivity index is 2.47. The second-order valence-electron chi connectivity index (χ2n) is 4.80. The highest BCUT2D eigenvalue weighted by Crippen LogP contribution is 2.17. The molecule has 19 heavy (non-hydrogen) atoms. The molecule has 1 saturated carbocycles. The quantitative estimate of drug-likeness (QED) is 0.563. The van der Waals surface area contributed by atoms with E-state index in [0.717, 1.165) is 12.8 Å². The van der Waals surface area contributed by atoms with Crippen LogP contribution in [-0.2, 0) is 19.1 Å². The maximum absolute atomic E-state index is 11.8. The Morgan fingerprint density at radius 3 is 2.05 bits per heavy atom. The van der Waals surface area contributed by atoms with Gasteiger partial charge in [0.15, 0.2) is 5.92 Å². The van der Waals surface area contributed by atoms with E-state index in [2.05, 4.69) is 5.32 Å². The minimum absolute atomic E-state index is 0.276. The summed E-state index contributed by atoms with van der Waals surface area (Å²) < 4.78 is 9.86. The number of nitrogens with one attached hydrogen (secondary N) is 1. The van der Waals surface area contributed by atoms with E-state index >= 15 is 0 Å². The summed E-state index contributed by atoms with van der Waals surface area (Å²) in [6.07, 6.45) is 5.91. The van der Waals surface area contributed by atoms with Crippen LogP contribution >= 0.6 is 0 Å². The van der Waals surface area contributed by atoms with E-state index in [1.54, 1.807) is 13.8 Å². The van der Waals surface area contributed by atoms with Crippen molar-refractivity contribution in [2.75, 3.05) is 19.8 Å². The third-order valence-corrected chi connectivity index (χ3v) is 3.36. The number of carbonyl (C=O) groups excluding carboxylic acids is 2. The first kappa shape index (κ1) is 16.0. The molecule has 0 bridgehead atoms. The van der Waals surface area contributed by atoms with Crippen molar-refractivity contribution in [3.8, 4) is 0 Å². The molecule has 0 aliphatic heterocycles. The van der Waals surface area contributed by atoms with Gasteiger partial charge in [-0.05, 0) is 26.7 Å². The van der Waals surface area contributed by atoms with E-state index in [9.17, 15) is 9.59 Å². The normalized spacial score (nSPS) is 16.4. The van der Waals surface area contributed by atoms with E-state index in [1.807, 2.05) is 0 Å². The molecule has 0 unspecified atom stereocenters. The van der Waals surface area contributed by atoms with Crippen LogP contribution in [-0.4, -0.2) is 37.7 Å². The fourth-order valence-corrected chi connectivity index (χ4v) is 2.34. The number of carbonyl (C=O) groups is 2. The largest absolute Gasteiger partial charge is 0.465 e. The second kappa shape index (κ2) is 8.91. The summed E-state index contributed by atoms with van der Waals surface area (Å²) in [5, 5.41) is 3.30. The number of hydrogen-bond donors (Lipinski definition) is 1. The first-order valence-corrected chi connectivity index (χ1v) is 7.25. The maximum atomic E-state index is 11.8. The zero-order valence-electron chi connectivity index (χ0n) is 11.9. The Morgan fingerprint density at radius 2 is 1.58 bits per heavy atom. The van der Waals surface area contributed by atoms with Crippen LogP contribution in [0.4, 0.5) is 0 Å². The van der Waals surface area contributed by atoms with E-state index in [0.29, 0.717) is 12.6 Å². The smallest absolute Gasteiger partial charge is 0.321 e. The standard InChI is InChI=1S/C14H25NO4/c1-3-18-13(16)12(14(17)19-4-2)10-15-11-8-6-5-7-9-11/h11-12,15H,3-10H2,1-2H3. The molecule has 0 aromatic rings. The lowest BCUT2D eigenvalue weighted by molar-refractivity contribution is -0.161. The molecule has 5 nitrogen and oxygen atoms in total. The van der Waals surface area contributed by atoms with E-state index in [-0.39, 0.29) is 13.2 Å². The fourth-order valence-electron chi connectivity index (χ4n) is 2.34. The van der Waals surface area contributed by atoms with Crippen LogP contribution in [0.5, 0.6) is 0 Å². The summed E-state index contributed by atoms with van der Waals surface area (Å²) in [6.45, 7) is 4.32. The van der Waals surface area contributed by atoms with Gasteiger partial charge in [0.1, 0.15) is 0 Å². The van der Waals surface area contributed by atoms with Crippen LogP contribution in [0.3, 0.4) is 0 Å². The zero-order chi connectivity index (χ0) is 14.1. The molecule has 1 fully saturated rings. The van der Waals surface area contributed by atoms with Crippen LogP contribution in [0.25, 0.3) is 0 Å². The average molecular weight is 271 g/mol. The molecule has 0 heterocycles. The molecule has 0 spiro atoms. The van der Waals surface area contributed by atoms with Gasteiger partial charge in [0.05, 0.1) is 13.2 Å². The Labute approximate surface area is 115 Å². The molecule has 0 aromatic carbocycles. The Hall–Kier alpha value is -1.10. The van der Waals surface area contributed by atoms with Crippen molar-refractivity contribution in [3.05, 3.63) is 0 Å². The van der Waals surface area contributed by atoms with Gasteiger partial charge >= 0.3 is 11.9 Å². The number of rotatable bonds is 7. The molecule has 0 amide bonds. The van der Waals surface area contributed by atoms with E-state index < -0.39 is 17.9 Å². The Morgan fingerprint density at radius 1 is 1.05 bits per heavy atom. The molecule has 110 valence electrons. The van der Waals surface area contributed by atoms with Gasteiger partial charge in [0, 0.05) is 12.6 Å². The average Bonchev–Trinajstić information content (AvgIpc) is 2.41. The summed E-state index contributed by atoms with van der Waals surface area (Å²) in [5.41, 5.74) is 0. The summed E-state index contributed by atoms with van der Waals surface area (Å²) in [5.74, 6) is -1.84. The monoisotopic (exact) mass is 271 g/mol. The van der Waals surface area contributed by atoms with Gasteiger partial charge in [-0.3, -0.25) is 9.59 Å². The molecular weight excluding hydrogens is 246 g/mol. The summed E-state index contributed by atoms with van der Waals surface area (Å²) in [4.78, 5) is 23.5. The van der Waals surface area contributed by atoms with Crippen molar-refractivity contribution in [1.82, 2.24) is 5.32 Å². The summed E-state index contributed by atoms with van der Waals surface area (Å²) >= 11 is 0. The highest BCUT2D eigenvalue weighted by Gasteiger charge is 2.30. The van der Waals surface area contributed by atoms with Crippen LogP contribution < -0.4 is 5.32 Å². The minimum atomic E-state index is -0.846. The highest BCUT2D eigenvalue weighted by molar-refractivity contribution is 5.95. The number of ether oxygens (including phenoxy) is 2. The lowest BCUT2D eigenvalue weighted by Gasteiger charge is -2.24. The molecule has 1 aliphatic rings.